The zero-order valence-corrected chi connectivity index (χ0v) is 16.5. The van der Waals surface area contributed by atoms with Crippen LogP contribution in [0.2, 0.25) is 5.02 Å². The van der Waals surface area contributed by atoms with E-state index in [9.17, 15) is 13.7 Å². The molecular formula is C20H16ClN3O3S. The number of hydrogen-bond acceptors (Lipinski definition) is 5. The largest absolute Gasteiger partial charge is 0.439 e. The van der Waals surface area contributed by atoms with Gasteiger partial charge in [-0.05, 0) is 30.7 Å². The molecule has 0 radical (unpaired) electrons. The van der Waals surface area contributed by atoms with Crippen molar-refractivity contribution in [2.24, 2.45) is 5.73 Å². The Balaban J connectivity index is 2.11. The molecule has 2 aliphatic heterocycles. The van der Waals surface area contributed by atoms with E-state index in [-0.39, 0.29) is 28.7 Å². The van der Waals surface area contributed by atoms with E-state index in [4.69, 9.17) is 22.1 Å². The molecule has 0 bridgehead atoms. The minimum atomic E-state index is -3.98. The van der Waals surface area contributed by atoms with Crippen LogP contribution < -0.4 is 10.0 Å². The quantitative estimate of drug-likeness (QED) is 0.809. The lowest BCUT2D eigenvalue weighted by molar-refractivity contribution is 0.357. The number of fused-ring (bicyclic) bond motifs is 2. The summed E-state index contributed by atoms with van der Waals surface area (Å²) in [5, 5.41) is 10.1. The molecule has 2 aromatic rings. The number of nitrogens with zero attached hydrogens (tertiary/aromatic N) is 2. The van der Waals surface area contributed by atoms with E-state index in [0.717, 1.165) is 0 Å². The first kappa shape index (κ1) is 18.4. The summed E-state index contributed by atoms with van der Waals surface area (Å²) in [7, 11) is -3.98. The SMILES string of the molecule is CCN1c2ccccc2C2=C([C@H](c3ccccc3Cl)C(C#N)=C(N)O2)S1(=O)=O. The minimum absolute atomic E-state index is 0.0193. The zero-order valence-electron chi connectivity index (χ0n) is 14.9. The number of nitrogens with two attached hydrogens (primary N) is 1. The second-order valence-corrected chi connectivity index (χ2v) is 8.56. The number of hydrogen-bond donors (Lipinski definition) is 1. The van der Waals surface area contributed by atoms with Gasteiger partial charge in [0.05, 0.1) is 11.6 Å². The molecule has 0 aromatic heterocycles. The second-order valence-electron chi connectivity index (χ2n) is 6.33. The van der Waals surface area contributed by atoms with Crippen molar-refractivity contribution >= 4 is 33.1 Å². The maximum Gasteiger partial charge on any atom is 0.265 e. The Morgan fingerprint density at radius 2 is 1.89 bits per heavy atom. The van der Waals surface area contributed by atoms with Crippen LogP contribution in [0.4, 0.5) is 5.69 Å². The van der Waals surface area contributed by atoms with E-state index >= 15 is 0 Å². The van der Waals surface area contributed by atoms with Crippen molar-refractivity contribution in [2.45, 2.75) is 12.8 Å². The maximum atomic E-state index is 13.6. The Hall–Kier alpha value is -2.95. The summed E-state index contributed by atoms with van der Waals surface area (Å²) >= 11 is 6.38. The van der Waals surface area contributed by atoms with Crippen LogP contribution >= 0.6 is 11.6 Å². The van der Waals surface area contributed by atoms with Gasteiger partial charge in [0, 0.05) is 17.1 Å². The highest BCUT2D eigenvalue weighted by molar-refractivity contribution is 7.97. The lowest BCUT2D eigenvalue weighted by Crippen LogP contribution is -2.39. The average molecular weight is 414 g/mol. The average Bonchev–Trinajstić information content (AvgIpc) is 2.67. The lowest BCUT2D eigenvalue weighted by Gasteiger charge is -2.37. The first-order chi connectivity index (χ1) is 13.4. The standard InChI is InChI=1S/C20H16ClN3O3S/c1-2-24-16-10-6-4-8-13(16)18-19(28(24,25)26)17(14(11-22)20(23)27-18)12-7-3-5-9-15(12)21/h3-10,17H,2,23H2,1H3/t17-/m1/s1. The first-order valence-electron chi connectivity index (χ1n) is 8.60. The van der Waals surface area contributed by atoms with Crippen molar-refractivity contribution in [3.63, 3.8) is 0 Å². The molecule has 142 valence electrons. The third-order valence-electron chi connectivity index (χ3n) is 4.86. The Morgan fingerprint density at radius 1 is 1.21 bits per heavy atom. The van der Waals surface area contributed by atoms with Gasteiger partial charge in [0.2, 0.25) is 5.88 Å². The second kappa shape index (κ2) is 6.59. The molecule has 28 heavy (non-hydrogen) atoms. The van der Waals surface area contributed by atoms with Crippen molar-refractivity contribution in [1.29, 1.82) is 5.26 Å². The number of para-hydroxylation sites is 1. The van der Waals surface area contributed by atoms with E-state index in [1.165, 1.54) is 4.31 Å². The van der Waals surface area contributed by atoms with Gasteiger partial charge in [-0.3, -0.25) is 4.31 Å². The number of sulfonamides is 1. The molecule has 2 heterocycles. The lowest BCUT2D eigenvalue weighted by atomic mass is 9.88. The van der Waals surface area contributed by atoms with E-state index in [1.807, 2.05) is 6.07 Å². The van der Waals surface area contributed by atoms with Crippen LogP contribution in [0.15, 0.2) is 64.9 Å². The summed E-state index contributed by atoms with van der Waals surface area (Å²) in [5.74, 6) is -0.933. The van der Waals surface area contributed by atoms with E-state index in [2.05, 4.69) is 0 Å². The highest BCUT2D eigenvalue weighted by Gasteiger charge is 2.47. The summed E-state index contributed by atoms with van der Waals surface area (Å²) in [5.41, 5.74) is 7.65. The Kier molecular flexibility index (Phi) is 4.33. The van der Waals surface area contributed by atoms with Crippen LogP contribution in [0.1, 0.15) is 24.0 Å². The van der Waals surface area contributed by atoms with Gasteiger partial charge in [0.1, 0.15) is 16.5 Å². The fourth-order valence-electron chi connectivity index (χ4n) is 3.67. The molecular weight excluding hydrogens is 398 g/mol. The Morgan fingerprint density at radius 3 is 2.57 bits per heavy atom. The van der Waals surface area contributed by atoms with Crippen LogP contribution in [0.25, 0.3) is 5.76 Å². The van der Waals surface area contributed by atoms with E-state index < -0.39 is 15.9 Å². The third-order valence-corrected chi connectivity index (χ3v) is 7.22. The number of anilines is 1. The van der Waals surface area contributed by atoms with E-state index in [1.54, 1.807) is 55.5 Å². The van der Waals surface area contributed by atoms with Crippen LogP contribution in [-0.4, -0.2) is 15.0 Å². The van der Waals surface area contributed by atoms with Gasteiger partial charge in [-0.25, -0.2) is 8.42 Å². The molecule has 6 nitrogen and oxygen atoms in total. The highest BCUT2D eigenvalue weighted by Crippen LogP contribution is 2.51. The molecule has 0 spiro atoms. The topological polar surface area (TPSA) is 96.4 Å². The van der Waals surface area contributed by atoms with Gasteiger partial charge in [-0.15, -0.1) is 0 Å². The van der Waals surface area contributed by atoms with Crippen molar-refractivity contribution < 1.29 is 13.2 Å². The molecule has 4 rings (SSSR count). The summed E-state index contributed by atoms with van der Waals surface area (Å²) in [6.45, 7) is 1.98. The molecule has 0 saturated heterocycles. The summed E-state index contributed by atoms with van der Waals surface area (Å²) < 4.78 is 34.2. The van der Waals surface area contributed by atoms with Gasteiger partial charge in [-0.2, -0.15) is 5.26 Å². The third kappa shape index (κ3) is 2.49. The van der Waals surface area contributed by atoms with E-state index in [0.29, 0.717) is 21.8 Å². The van der Waals surface area contributed by atoms with Crippen LogP contribution in [-0.2, 0) is 14.8 Å². The molecule has 0 unspecified atom stereocenters. The molecule has 0 aliphatic carbocycles. The smallest absolute Gasteiger partial charge is 0.265 e. The number of ether oxygens (including phenoxy) is 1. The van der Waals surface area contributed by atoms with Gasteiger partial charge in [0.25, 0.3) is 10.0 Å². The molecule has 2 aliphatic rings. The monoisotopic (exact) mass is 413 g/mol. The number of allylic oxidation sites excluding steroid dienone is 2. The number of rotatable bonds is 2. The number of benzene rings is 2. The summed E-state index contributed by atoms with van der Waals surface area (Å²) in [6.07, 6.45) is 0. The van der Waals surface area contributed by atoms with Crippen molar-refractivity contribution in [3.05, 3.63) is 81.0 Å². The molecule has 0 fully saturated rings. The number of halogens is 1. The molecule has 0 amide bonds. The van der Waals surface area contributed by atoms with Crippen LogP contribution in [0, 0.1) is 11.3 Å². The number of nitriles is 1. The first-order valence-corrected chi connectivity index (χ1v) is 10.4. The molecule has 2 N–H and O–H groups in total. The fraction of sp³-hybridized carbons (Fsp3) is 0.150. The molecule has 2 aromatic carbocycles. The predicted molar refractivity (Wildman–Crippen MR) is 107 cm³/mol. The fourth-order valence-corrected chi connectivity index (χ4v) is 5.84. The normalized spacial score (nSPS) is 20.2. The van der Waals surface area contributed by atoms with Crippen LogP contribution in [0.3, 0.4) is 0 Å². The summed E-state index contributed by atoms with van der Waals surface area (Å²) in [4.78, 5) is -0.0214. The van der Waals surface area contributed by atoms with Gasteiger partial charge >= 0.3 is 0 Å². The van der Waals surface area contributed by atoms with Crippen molar-refractivity contribution in [2.75, 3.05) is 10.8 Å². The zero-order chi connectivity index (χ0) is 20.1. The maximum absolute atomic E-state index is 13.6. The molecule has 0 saturated carbocycles. The minimum Gasteiger partial charge on any atom is -0.439 e. The van der Waals surface area contributed by atoms with Crippen molar-refractivity contribution in [3.8, 4) is 6.07 Å². The Labute approximate surface area is 168 Å². The van der Waals surface area contributed by atoms with Crippen LogP contribution in [0.5, 0.6) is 0 Å². The molecule has 1 atom stereocenters. The Bertz CT molecular complexity index is 1200. The van der Waals surface area contributed by atoms with Gasteiger partial charge < -0.3 is 10.5 Å². The molecule has 8 heteroatoms. The van der Waals surface area contributed by atoms with Crippen molar-refractivity contribution in [1.82, 2.24) is 0 Å². The summed E-state index contributed by atoms with van der Waals surface area (Å²) in [6, 6.07) is 15.9. The van der Waals surface area contributed by atoms with Gasteiger partial charge in [-0.1, -0.05) is 41.9 Å². The predicted octanol–water partition coefficient (Wildman–Crippen LogP) is 3.69. The van der Waals surface area contributed by atoms with Gasteiger partial charge in [0.15, 0.2) is 5.76 Å². The highest BCUT2D eigenvalue weighted by atomic mass is 35.5.